The predicted octanol–water partition coefficient (Wildman–Crippen LogP) is 20.6. The number of hydrogen-bond donors (Lipinski definition) is 3. The lowest BCUT2D eigenvalue weighted by Gasteiger charge is -2.21. The van der Waals surface area contributed by atoms with E-state index in [2.05, 4.69) is 62.5 Å². The molecule has 0 heterocycles. The second kappa shape index (κ2) is 71.6. The molecule has 5 atom stereocenters. The molecule has 0 saturated heterocycles. The number of unbranched alkanes of at least 4 members (excludes halogenated alkanes) is 40. The minimum atomic E-state index is -4.82. The summed E-state index contributed by atoms with van der Waals surface area (Å²) in [6.45, 7) is 2.18. The Labute approximate surface area is 572 Å². The maximum atomic E-state index is 13.1. The summed E-state index contributed by atoms with van der Waals surface area (Å²) in [6.07, 6.45) is 68.0. The van der Waals surface area contributed by atoms with E-state index >= 15 is 0 Å². The lowest BCUT2D eigenvalue weighted by Crippen LogP contribution is -2.28. The molecule has 0 fully saturated rings. The van der Waals surface area contributed by atoms with Crippen molar-refractivity contribution in [1.29, 1.82) is 0 Å². The van der Waals surface area contributed by atoms with Gasteiger partial charge in [-0.15, -0.1) is 0 Å². The van der Waals surface area contributed by atoms with Crippen LogP contribution in [0.2, 0.25) is 0 Å². The molecule has 0 amide bonds. The van der Waals surface area contributed by atoms with E-state index in [1.807, 2.05) is 0 Å². The number of aliphatic hydroxyl groups is 1. The van der Waals surface area contributed by atoms with Crippen molar-refractivity contribution in [1.82, 2.24) is 0 Å². The van der Waals surface area contributed by atoms with Gasteiger partial charge in [0.25, 0.3) is 0 Å². The summed E-state index contributed by atoms with van der Waals surface area (Å²) in [5.74, 6) is -0.782. The van der Waals surface area contributed by atoms with Crippen LogP contribution in [0.4, 0.5) is 0 Å². The molecule has 0 bridgehead atoms. The number of allylic oxidation sites excluding steroid dienone is 8. The number of aliphatic hydroxyl groups excluding tert-OH is 1. The molecule has 0 aliphatic carbocycles. The lowest BCUT2D eigenvalue weighted by molar-refractivity contribution is -0.150. The number of aldehydes is 2. The second-order valence-corrected chi connectivity index (χ2v) is 28.4. The molecule has 94 heavy (non-hydrogen) atoms. The monoisotopic (exact) mass is 1370 g/mol. The van der Waals surface area contributed by atoms with Crippen molar-refractivity contribution < 1.29 is 80.2 Å². The summed E-state index contributed by atoms with van der Waals surface area (Å²) in [4.78, 5) is 67.7. The van der Waals surface area contributed by atoms with Crippen LogP contribution < -0.4 is 0 Å². The Bertz CT molecular complexity index is 1910. The first-order valence-electron chi connectivity index (χ1n) is 37.8. The van der Waals surface area contributed by atoms with Crippen LogP contribution in [0.3, 0.4) is 0 Å². The number of phosphoric acid groups is 2. The molecule has 0 aromatic carbocycles. The molecule has 0 spiro atoms. The summed E-state index contributed by atoms with van der Waals surface area (Å²) < 4.78 is 69.8. The zero-order chi connectivity index (χ0) is 68.6. The first-order valence-corrected chi connectivity index (χ1v) is 40.8. The van der Waals surface area contributed by atoms with Crippen molar-refractivity contribution in [3.05, 3.63) is 48.6 Å². The Balaban J connectivity index is 5.18. The molecular weight excluding hydrogens is 1230 g/mol. The summed E-state index contributed by atoms with van der Waals surface area (Å²) in [7, 11) is -9.64. The molecule has 3 N–H and O–H groups in total. The zero-order valence-corrected chi connectivity index (χ0v) is 61.3. The molecule has 17 nitrogen and oxygen atoms in total. The Morgan fingerprint density at radius 2 is 0.585 bits per heavy atom. The van der Waals surface area contributed by atoms with E-state index in [9.17, 15) is 43.2 Å². The predicted molar refractivity (Wildman–Crippen MR) is 382 cm³/mol. The van der Waals surface area contributed by atoms with Gasteiger partial charge in [-0.1, -0.05) is 236 Å². The van der Waals surface area contributed by atoms with Gasteiger partial charge in [0.05, 0.1) is 26.4 Å². The summed E-state index contributed by atoms with van der Waals surface area (Å²) >= 11 is 0. The van der Waals surface area contributed by atoms with E-state index < -0.39 is 66.4 Å². The van der Waals surface area contributed by atoms with Crippen molar-refractivity contribution in [3.63, 3.8) is 0 Å². The Morgan fingerprint density at radius 1 is 0.330 bits per heavy atom. The van der Waals surface area contributed by atoms with Crippen LogP contribution in [0.15, 0.2) is 48.6 Å². The van der Waals surface area contributed by atoms with Crippen LogP contribution in [0.5, 0.6) is 0 Å². The minimum Gasteiger partial charge on any atom is -0.463 e. The Hall–Kier alpha value is -2.66. The third kappa shape index (κ3) is 70.7. The van der Waals surface area contributed by atoms with Crippen molar-refractivity contribution in [2.45, 2.75) is 353 Å². The van der Waals surface area contributed by atoms with Crippen LogP contribution in [0.1, 0.15) is 335 Å². The smallest absolute Gasteiger partial charge is 0.463 e. The van der Waals surface area contributed by atoms with Crippen LogP contribution in [-0.2, 0) is 65.4 Å². The average Bonchev–Trinajstić information content (AvgIpc) is 2.45. The topological polar surface area (TPSA) is 237 Å². The zero-order valence-electron chi connectivity index (χ0n) is 59.5. The van der Waals surface area contributed by atoms with Gasteiger partial charge in [-0.3, -0.25) is 27.7 Å². The molecule has 0 aliphatic rings. The van der Waals surface area contributed by atoms with Gasteiger partial charge in [-0.25, -0.2) is 9.13 Å². The molecule has 2 unspecified atom stereocenters. The summed E-state index contributed by atoms with van der Waals surface area (Å²) in [5, 5.41) is 10.6. The fourth-order valence-corrected chi connectivity index (χ4v) is 12.0. The molecule has 0 rings (SSSR count). The quantitative estimate of drug-likeness (QED) is 0.0169. The van der Waals surface area contributed by atoms with Crippen LogP contribution in [-0.4, -0.2) is 111 Å². The van der Waals surface area contributed by atoms with E-state index in [1.165, 1.54) is 77.0 Å². The molecule has 0 radical (unpaired) electrons. The van der Waals surface area contributed by atoms with Crippen LogP contribution >= 0.6 is 15.6 Å². The van der Waals surface area contributed by atoms with Gasteiger partial charge in [0.2, 0.25) is 0 Å². The average molecular weight is 1370 g/mol. The third-order valence-electron chi connectivity index (χ3n) is 16.3. The maximum Gasteiger partial charge on any atom is 0.472 e. The van der Waals surface area contributed by atoms with Gasteiger partial charge < -0.3 is 43.4 Å². The second-order valence-electron chi connectivity index (χ2n) is 25.5. The first-order chi connectivity index (χ1) is 45.9. The number of ether oxygens (including phenoxy) is 4. The van der Waals surface area contributed by atoms with E-state index in [4.69, 9.17) is 37.0 Å². The molecular formula is C75H138O17P2. The molecule has 19 heteroatoms. The molecule has 0 aromatic rings. The molecule has 0 aliphatic heterocycles. The third-order valence-corrected chi connectivity index (χ3v) is 18.2. The summed E-state index contributed by atoms with van der Waals surface area (Å²) in [5.41, 5.74) is 0. The number of carbonyl (C=O) groups excluding carboxylic acids is 4. The van der Waals surface area contributed by atoms with Gasteiger partial charge in [0, 0.05) is 38.9 Å². The van der Waals surface area contributed by atoms with E-state index in [-0.39, 0.29) is 32.0 Å². The van der Waals surface area contributed by atoms with Crippen molar-refractivity contribution in [2.75, 3.05) is 52.9 Å². The maximum absolute atomic E-state index is 13.1. The lowest BCUT2D eigenvalue weighted by atomic mass is 10.0. The standard InChI is InChI=1S/C75H138O17P2/c1-3-5-7-9-11-13-15-17-18-24-30-36-42-48-54-60-75(80)88-68-73(86-64-58-52-46-40-34-28-22-20-26-32-38-44-50-56-62-77)70-92-94(83,84)90-66-71(78)65-89-93(81,82)91-69-72(85-63-57-51-45-39-33-27-21-19-25-31-37-43-49-55-61-76)67-87-74(79)59-53-47-41-35-29-23-16-14-12-10-8-6-4-2/h11,13,17-22,61-62,71-73,78H,3-10,12,14-16,23-60,63-70H2,1-2H3,(H,81,82)(H,83,84)/b13-11-,18-17-,21-19-,22-20-/t71-,72+,73+/m0/s1. The van der Waals surface area contributed by atoms with Gasteiger partial charge in [0.15, 0.2) is 0 Å². The van der Waals surface area contributed by atoms with Crippen LogP contribution in [0, 0.1) is 0 Å². The highest BCUT2D eigenvalue weighted by Gasteiger charge is 2.29. The number of hydrogen-bond acceptors (Lipinski definition) is 15. The fraction of sp³-hybridized carbons (Fsp3) is 0.840. The van der Waals surface area contributed by atoms with E-state index in [1.54, 1.807) is 0 Å². The number of phosphoric ester groups is 2. The van der Waals surface area contributed by atoms with Crippen LogP contribution in [0.25, 0.3) is 0 Å². The number of rotatable bonds is 76. The number of esters is 2. The van der Waals surface area contributed by atoms with Crippen molar-refractivity contribution >= 4 is 40.2 Å². The van der Waals surface area contributed by atoms with Crippen molar-refractivity contribution in [3.8, 4) is 0 Å². The molecule has 0 saturated carbocycles. The van der Waals surface area contributed by atoms with Gasteiger partial charge in [0.1, 0.15) is 44.1 Å². The fourth-order valence-electron chi connectivity index (χ4n) is 10.5. The van der Waals surface area contributed by atoms with Gasteiger partial charge in [-0.2, -0.15) is 0 Å². The summed E-state index contributed by atoms with van der Waals surface area (Å²) in [6, 6.07) is 0. The highest BCUT2D eigenvalue weighted by Crippen LogP contribution is 2.45. The minimum absolute atomic E-state index is 0.193. The Kier molecular flexibility index (Phi) is 69.6. The SMILES string of the molecule is CCCCC/C=C\C/C=C\CCCCCCCC(=O)OC[C@H](COP(=O)(O)OC[C@@H](O)COP(=O)(O)OC[C@@H](COC(=O)CCCCCCCCCCCCCCC)OCCCCCCC/C=C\CCCCCCC=O)OCCCCCCC/C=C\CCCCCCC=O. The largest absolute Gasteiger partial charge is 0.472 e. The Morgan fingerprint density at radius 3 is 0.915 bits per heavy atom. The highest BCUT2D eigenvalue weighted by molar-refractivity contribution is 7.47. The van der Waals surface area contributed by atoms with Gasteiger partial charge >= 0.3 is 27.6 Å². The first kappa shape index (κ1) is 91.3. The van der Waals surface area contributed by atoms with Gasteiger partial charge in [-0.05, 0) is 122 Å². The van der Waals surface area contributed by atoms with E-state index in [0.29, 0.717) is 38.9 Å². The van der Waals surface area contributed by atoms with E-state index in [0.717, 1.165) is 218 Å². The normalized spacial score (nSPS) is 14.3. The number of carbonyl (C=O) groups is 4. The molecule has 550 valence electrons. The molecule has 0 aromatic heterocycles. The highest BCUT2D eigenvalue weighted by atomic mass is 31.2. The van der Waals surface area contributed by atoms with Crippen molar-refractivity contribution in [2.24, 2.45) is 0 Å².